The van der Waals surface area contributed by atoms with Gasteiger partial charge in [-0.15, -0.1) is 24.0 Å². The summed E-state index contributed by atoms with van der Waals surface area (Å²) in [5.41, 5.74) is 8.02. The third kappa shape index (κ3) is 7.30. The van der Waals surface area contributed by atoms with Gasteiger partial charge in [0.05, 0.1) is 14.2 Å². The average molecular weight is 538 g/mol. The summed E-state index contributed by atoms with van der Waals surface area (Å²) in [4.78, 5) is 18.6. The Labute approximate surface area is 201 Å². The molecule has 1 aliphatic heterocycles. The number of nitrogens with two attached hydrogens (primary N) is 1. The second kappa shape index (κ2) is 12.4. The van der Waals surface area contributed by atoms with Crippen molar-refractivity contribution in [2.45, 2.75) is 19.3 Å². The van der Waals surface area contributed by atoms with Crippen LogP contribution in [0.5, 0.6) is 11.5 Å². The number of hydrogen-bond donors (Lipinski definition) is 2. The highest BCUT2D eigenvalue weighted by Crippen LogP contribution is 2.29. The molecule has 0 unspecified atom stereocenters. The molecular formula is C23H31IN4O3. The summed E-state index contributed by atoms with van der Waals surface area (Å²) in [5, 5.41) is 2.98. The smallest absolute Gasteiger partial charge is 0.244 e. The molecule has 0 spiro atoms. The first kappa shape index (κ1) is 24.8. The second-order valence-electron chi connectivity index (χ2n) is 7.41. The maximum absolute atomic E-state index is 12.5. The fourth-order valence-electron chi connectivity index (χ4n) is 3.69. The van der Waals surface area contributed by atoms with Crippen LogP contribution in [0.3, 0.4) is 0 Å². The van der Waals surface area contributed by atoms with Gasteiger partial charge >= 0.3 is 0 Å². The number of methoxy groups -OCH3 is 2. The molecule has 1 amide bonds. The Balaban J connectivity index is 0.00000341. The molecule has 1 fully saturated rings. The van der Waals surface area contributed by atoms with Crippen LogP contribution in [-0.4, -0.2) is 50.6 Å². The normalized spacial score (nSPS) is 14.5. The van der Waals surface area contributed by atoms with Crippen LogP contribution in [0.25, 0.3) is 0 Å². The molecule has 1 saturated heterocycles. The maximum Gasteiger partial charge on any atom is 0.244 e. The van der Waals surface area contributed by atoms with Gasteiger partial charge in [-0.1, -0.05) is 30.3 Å². The predicted molar refractivity (Wildman–Crippen MR) is 135 cm³/mol. The number of nitrogens with one attached hydrogen (secondary N) is 1. The molecule has 1 aliphatic rings. The molecule has 31 heavy (non-hydrogen) atoms. The summed E-state index contributed by atoms with van der Waals surface area (Å²) < 4.78 is 10.5. The molecular weight excluding hydrogens is 507 g/mol. The fourth-order valence-corrected chi connectivity index (χ4v) is 3.69. The van der Waals surface area contributed by atoms with Gasteiger partial charge in [-0.05, 0) is 42.9 Å². The summed E-state index contributed by atoms with van der Waals surface area (Å²) in [6.45, 7) is 1.58. The molecule has 1 heterocycles. The van der Waals surface area contributed by atoms with Crippen molar-refractivity contribution in [3.63, 3.8) is 0 Å². The Kier molecular flexibility index (Phi) is 9.90. The molecule has 0 aromatic heterocycles. The van der Waals surface area contributed by atoms with E-state index >= 15 is 0 Å². The van der Waals surface area contributed by atoms with E-state index in [1.165, 1.54) is 5.56 Å². The summed E-state index contributed by atoms with van der Waals surface area (Å²) >= 11 is 0. The lowest BCUT2D eigenvalue weighted by Gasteiger charge is -2.31. The van der Waals surface area contributed by atoms with E-state index < -0.39 is 0 Å². The van der Waals surface area contributed by atoms with E-state index in [1.807, 2.05) is 17.0 Å². The fraction of sp³-hybridized carbons (Fsp3) is 0.391. The van der Waals surface area contributed by atoms with Crippen LogP contribution in [0.1, 0.15) is 18.4 Å². The summed E-state index contributed by atoms with van der Waals surface area (Å²) in [6, 6.07) is 15.9. The highest BCUT2D eigenvalue weighted by molar-refractivity contribution is 14.0. The first-order valence-corrected chi connectivity index (χ1v) is 10.2. The minimum atomic E-state index is 0. The van der Waals surface area contributed by atoms with Gasteiger partial charge in [0.2, 0.25) is 5.91 Å². The number of guanidine groups is 1. The lowest BCUT2D eigenvalue weighted by Crippen LogP contribution is -2.40. The molecule has 0 saturated carbocycles. The van der Waals surface area contributed by atoms with E-state index in [9.17, 15) is 4.79 Å². The highest BCUT2D eigenvalue weighted by atomic mass is 127. The monoisotopic (exact) mass is 538 g/mol. The first-order valence-electron chi connectivity index (χ1n) is 10.2. The quantitative estimate of drug-likeness (QED) is 0.320. The molecule has 0 bridgehead atoms. The molecule has 0 aliphatic carbocycles. The third-order valence-electron chi connectivity index (χ3n) is 5.38. The molecule has 2 aromatic carbocycles. The largest absolute Gasteiger partial charge is 0.493 e. The number of likely N-dealkylation sites (tertiary alicyclic amines) is 1. The van der Waals surface area contributed by atoms with Gasteiger partial charge in [0, 0.05) is 24.8 Å². The molecule has 168 valence electrons. The third-order valence-corrected chi connectivity index (χ3v) is 5.38. The molecule has 8 heteroatoms. The van der Waals surface area contributed by atoms with E-state index in [2.05, 4.69) is 34.6 Å². The molecule has 3 N–H and O–H groups in total. The Morgan fingerprint density at radius 1 is 1.10 bits per heavy atom. The van der Waals surface area contributed by atoms with Gasteiger partial charge in [-0.25, -0.2) is 4.99 Å². The lowest BCUT2D eigenvalue weighted by molar-refractivity contribution is -0.130. The van der Waals surface area contributed by atoms with Gasteiger partial charge < -0.3 is 25.4 Å². The van der Waals surface area contributed by atoms with E-state index in [0.717, 1.165) is 32.4 Å². The van der Waals surface area contributed by atoms with Crippen LogP contribution in [0.15, 0.2) is 53.5 Å². The van der Waals surface area contributed by atoms with E-state index in [1.54, 1.807) is 26.4 Å². The number of ether oxygens (including phenoxy) is 2. The van der Waals surface area contributed by atoms with Crippen molar-refractivity contribution in [3.8, 4) is 11.5 Å². The number of hydrogen-bond acceptors (Lipinski definition) is 4. The molecule has 0 atom stereocenters. The van der Waals surface area contributed by atoms with Crippen molar-refractivity contribution >= 4 is 41.5 Å². The number of carbonyl (C=O) groups excluding carboxylic acids is 1. The second-order valence-corrected chi connectivity index (χ2v) is 7.41. The molecule has 3 rings (SSSR count). The standard InChI is InChI=1S/C23H30N4O3.HI/c1-29-20-9-8-19(15-21(20)30-2)26-23(24)25-16-22(28)27-12-10-18(11-13-27)14-17-6-4-3-5-7-17;/h3-9,15,18H,10-14,16H2,1-2H3,(H3,24,25,26);1H. The van der Waals surface area contributed by atoms with Crippen LogP contribution < -0.4 is 20.5 Å². The Bertz CT molecular complexity index is 868. The minimum absolute atomic E-state index is 0. The number of aliphatic imine (C=N–C) groups is 1. The van der Waals surface area contributed by atoms with Crippen LogP contribution in [-0.2, 0) is 11.2 Å². The van der Waals surface area contributed by atoms with Crippen molar-refractivity contribution in [2.24, 2.45) is 16.6 Å². The van der Waals surface area contributed by atoms with Crippen LogP contribution in [0, 0.1) is 5.92 Å². The predicted octanol–water partition coefficient (Wildman–Crippen LogP) is 3.53. The van der Waals surface area contributed by atoms with Gasteiger partial charge in [-0.3, -0.25) is 4.79 Å². The molecule has 2 aromatic rings. The van der Waals surface area contributed by atoms with Crippen LogP contribution in [0.2, 0.25) is 0 Å². The number of rotatable bonds is 7. The van der Waals surface area contributed by atoms with Crippen molar-refractivity contribution in [2.75, 3.05) is 39.2 Å². The zero-order valence-electron chi connectivity index (χ0n) is 18.0. The minimum Gasteiger partial charge on any atom is -0.493 e. The number of amides is 1. The van der Waals surface area contributed by atoms with Crippen molar-refractivity contribution in [3.05, 3.63) is 54.1 Å². The number of benzene rings is 2. The number of anilines is 1. The van der Waals surface area contributed by atoms with E-state index in [-0.39, 0.29) is 42.4 Å². The number of piperidine rings is 1. The summed E-state index contributed by atoms with van der Waals surface area (Å²) in [7, 11) is 3.15. The van der Waals surface area contributed by atoms with E-state index in [4.69, 9.17) is 15.2 Å². The topological polar surface area (TPSA) is 89.2 Å². The highest BCUT2D eigenvalue weighted by Gasteiger charge is 2.22. The van der Waals surface area contributed by atoms with Crippen molar-refractivity contribution < 1.29 is 14.3 Å². The SMILES string of the molecule is COc1ccc(NC(N)=NCC(=O)N2CCC(Cc3ccccc3)CC2)cc1OC.I. The lowest BCUT2D eigenvalue weighted by atomic mass is 9.90. The summed E-state index contributed by atoms with van der Waals surface area (Å²) in [5.74, 6) is 2.03. The Hall–Kier alpha value is -2.49. The van der Waals surface area contributed by atoms with Crippen LogP contribution in [0.4, 0.5) is 5.69 Å². The first-order chi connectivity index (χ1) is 14.6. The number of nitrogens with zero attached hydrogens (tertiary/aromatic N) is 2. The van der Waals surface area contributed by atoms with Crippen molar-refractivity contribution in [1.29, 1.82) is 0 Å². The van der Waals surface area contributed by atoms with Gasteiger partial charge in [-0.2, -0.15) is 0 Å². The number of carbonyl (C=O) groups is 1. The molecule has 0 radical (unpaired) electrons. The van der Waals surface area contributed by atoms with Crippen molar-refractivity contribution in [1.82, 2.24) is 4.90 Å². The summed E-state index contributed by atoms with van der Waals surface area (Å²) in [6.07, 6.45) is 3.11. The maximum atomic E-state index is 12.5. The zero-order valence-corrected chi connectivity index (χ0v) is 20.4. The average Bonchev–Trinajstić information content (AvgIpc) is 2.78. The van der Waals surface area contributed by atoms with Gasteiger partial charge in [0.15, 0.2) is 17.5 Å². The van der Waals surface area contributed by atoms with Crippen LogP contribution >= 0.6 is 24.0 Å². The Morgan fingerprint density at radius 3 is 2.42 bits per heavy atom. The molecule has 7 nitrogen and oxygen atoms in total. The Morgan fingerprint density at radius 2 is 1.77 bits per heavy atom. The van der Waals surface area contributed by atoms with Gasteiger partial charge in [0.25, 0.3) is 0 Å². The number of halogens is 1. The van der Waals surface area contributed by atoms with E-state index in [0.29, 0.717) is 23.1 Å². The zero-order chi connectivity index (χ0) is 21.3. The van der Waals surface area contributed by atoms with Gasteiger partial charge in [0.1, 0.15) is 6.54 Å².